The lowest BCUT2D eigenvalue weighted by Gasteiger charge is -2.32. The molecule has 2 heterocycles. The van der Waals surface area contributed by atoms with Gasteiger partial charge in [0.25, 0.3) is 0 Å². The number of anilines is 1. The zero-order valence-corrected chi connectivity index (χ0v) is 11.8. The van der Waals surface area contributed by atoms with Crippen molar-refractivity contribution in [1.82, 2.24) is 9.97 Å². The monoisotopic (exact) mass is 269 g/mol. The van der Waals surface area contributed by atoms with Crippen LogP contribution in [0.4, 0.5) is 5.82 Å². The second-order valence-corrected chi connectivity index (χ2v) is 5.04. The van der Waals surface area contributed by atoms with E-state index in [1.54, 1.807) is 0 Å². The van der Waals surface area contributed by atoms with Crippen LogP contribution >= 0.6 is 11.6 Å². The molecule has 0 radical (unpaired) electrons. The number of rotatable bonds is 4. The van der Waals surface area contributed by atoms with Crippen LogP contribution in [0.5, 0.6) is 0 Å². The maximum Gasteiger partial charge on any atom is 0.132 e. The van der Waals surface area contributed by atoms with Gasteiger partial charge < -0.3 is 9.64 Å². The summed E-state index contributed by atoms with van der Waals surface area (Å²) < 4.78 is 5.67. The average molecular weight is 270 g/mol. The van der Waals surface area contributed by atoms with Crippen molar-refractivity contribution in [1.29, 1.82) is 0 Å². The Kier molecular flexibility index (Phi) is 4.78. The van der Waals surface area contributed by atoms with Gasteiger partial charge in [-0.1, -0.05) is 0 Å². The quantitative estimate of drug-likeness (QED) is 0.787. The summed E-state index contributed by atoms with van der Waals surface area (Å²) in [6.07, 6.45) is 2.43. The van der Waals surface area contributed by atoms with E-state index in [9.17, 15) is 0 Å². The molecule has 4 nitrogen and oxygen atoms in total. The van der Waals surface area contributed by atoms with Crippen molar-refractivity contribution in [3.05, 3.63) is 17.6 Å². The number of piperidine rings is 1. The minimum Gasteiger partial charge on any atom is -0.377 e. The molecule has 0 atom stereocenters. The highest BCUT2D eigenvalue weighted by molar-refractivity contribution is 6.17. The van der Waals surface area contributed by atoms with Crippen molar-refractivity contribution in [2.45, 2.75) is 32.8 Å². The maximum absolute atomic E-state index is 5.67. The minimum atomic E-state index is 0.351. The van der Waals surface area contributed by atoms with Gasteiger partial charge in [-0.3, -0.25) is 0 Å². The van der Waals surface area contributed by atoms with E-state index in [0.717, 1.165) is 43.3 Å². The molecule has 0 spiro atoms. The Morgan fingerprint density at radius 3 is 2.67 bits per heavy atom. The van der Waals surface area contributed by atoms with Crippen molar-refractivity contribution >= 4 is 17.4 Å². The second kappa shape index (κ2) is 6.34. The first-order valence-corrected chi connectivity index (χ1v) is 6.97. The van der Waals surface area contributed by atoms with Crippen LogP contribution in [0.3, 0.4) is 0 Å². The predicted molar refractivity (Wildman–Crippen MR) is 73.4 cm³/mol. The van der Waals surface area contributed by atoms with E-state index in [1.165, 1.54) is 0 Å². The molecule has 1 aromatic rings. The van der Waals surface area contributed by atoms with Gasteiger partial charge >= 0.3 is 0 Å². The molecule has 1 aromatic heterocycles. The summed E-state index contributed by atoms with van der Waals surface area (Å²) in [5.41, 5.74) is 1.03. The lowest BCUT2D eigenvalue weighted by Crippen LogP contribution is -2.37. The Hall–Kier alpha value is -0.870. The zero-order chi connectivity index (χ0) is 13.0. The second-order valence-electron chi connectivity index (χ2n) is 4.66. The van der Waals surface area contributed by atoms with E-state index in [4.69, 9.17) is 16.3 Å². The van der Waals surface area contributed by atoms with Crippen LogP contribution < -0.4 is 4.90 Å². The number of hydrogen-bond acceptors (Lipinski definition) is 4. The SMILES string of the molecule is Cc1cc(N2CCC(OCCCl)CC2)nc(C)n1. The third-order valence-corrected chi connectivity index (χ3v) is 3.30. The first kappa shape index (κ1) is 13.6. The number of aromatic nitrogens is 2. The van der Waals surface area contributed by atoms with Crippen LogP contribution in [0.25, 0.3) is 0 Å². The van der Waals surface area contributed by atoms with E-state index in [2.05, 4.69) is 14.9 Å². The third-order valence-electron chi connectivity index (χ3n) is 3.15. The van der Waals surface area contributed by atoms with Crippen LogP contribution in [0.1, 0.15) is 24.4 Å². The number of halogens is 1. The summed E-state index contributed by atoms with van der Waals surface area (Å²) in [5, 5.41) is 0. The van der Waals surface area contributed by atoms with Crippen molar-refractivity contribution < 1.29 is 4.74 Å². The lowest BCUT2D eigenvalue weighted by atomic mass is 10.1. The molecule has 0 amide bonds. The van der Waals surface area contributed by atoms with E-state index >= 15 is 0 Å². The molecule has 0 N–H and O–H groups in total. The first-order chi connectivity index (χ1) is 8.69. The summed E-state index contributed by atoms with van der Waals surface area (Å²) in [4.78, 5) is 11.1. The number of hydrogen-bond donors (Lipinski definition) is 0. The normalized spacial score (nSPS) is 17.2. The molecular formula is C13H20ClN3O. The smallest absolute Gasteiger partial charge is 0.132 e. The standard InChI is InChI=1S/C13H20ClN3O/c1-10-9-13(16-11(2)15-10)17-6-3-12(4-7-17)18-8-5-14/h9,12H,3-8H2,1-2H3. The molecule has 0 unspecified atom stereocenters. The molecule has 0 bridgehead atoms. The van der Waals surface area contributed by atoms with Crippen LogP contribution in [-0.4, -0.2) is 41.6 Å². The van der Waals surface area contributed by atoms with Gasteiger partial charge in [-0.05, 0) is 26.7 Å². The van der Waals surface area contributed by atoms with Gasteiger partial charge in [0.2, 0.25) is 0 Å². The summed E-state index contributed by atoms with van der Waals surface area (Å²) in [7, 11) is 0. The topological polar surface area (TPSA) is 38.2 Å². The molecule has 1 fully saturated rings. The van der Waals surface area contributed by atoms with Crippen molar-refractivity contribution in [3.8, 4) is 0 Å². The largest absolute Gasteiger partial charge is 0.377 e. The molecule has 2 rings (SSSR count). The van der Waals surface area contributed by atoms with Gasteiger partial charge in [0, 0.05) is 30.7 Å². The van der Waals surface area contributed by atoms with Crippen LogP contribution in [0.2, 0.25) is 0 Å². The molecule has 0 aromatic carbocycles. The number of alkyl halides is 1. The van der Waals surface area contributed by atoms with Gasteiger partial charge in [-0.2, -0.15) is 0 Å². The Balaban J connectivity index is 1.92. The van der Waals surface area contributed by atoms with Crippen molar-refractivity contribution in [2.75, 3.05) is 30.5 Å². The summed E-state index contributed by atoms with van der Waals surface area (Å²) in [5.74, 6) is 2.45. The molecule has 1 aliphatic rings. The van der Waals surface area contributed by atoms with Gasteiger partial charge in [-0.15, -0.1) is 11.6 Å². The first-order valence-electron chi connectivity index (χ1n) is 6.44. The lowest BCUT2D eigenvalue weighted by molar-refractivity contribution is 0.0471. The highest BCUT2D eigenvalue weighted by atomic mass is 35.5. The van der Waals surface area contributed by atoms with Crippen molar-refractivity contribution in [2.24, 2.45) is 0 Å². The Labute approximate surface area is 113 Å². The Morgan fingerprint density at radius 1 is 1.33 bits per heavy atom. The molecule has 100 valence electrons. The van der Waals surface area contributed by atoms with Gasteiger partial charge in [0.1, 0.15) is 11.6 Å². The van der Waals surface area contributed by atoms with E-state index < -0.39 is 0 Å². The van der Waals surface area contributed by atoms with Gasteiger partial charge in [-0.25, -0.2) is 9.97 Å². The summed E-state index contributed by atoms with van der Waals surface area (Å²) in [6.45, 7) is 6.57. The molecule has 5 heteroatoms. The maximum atomic E-state index is 5.67. The van der Waals surface area contributed by atoms with E-state index in [0.29, 0.717) is 18.6 Å². The zero-order valence-electron chi connectivity index (χ0n) is 11.0. The summed E-state index contributed by atoms with van der Waals surface area (Å²) in [6, 6.07) is 2.05. The van der Waals surface area contributed by atoms with E-state index in [1.807, 2.05) is 19.9 Å². The molecule has 0 aliphatic carbocycles. The fourth-order valence-electron chi connectivity index (χ4n) is 2.32. The van der Waals surface area contributed by atoms with E-state index in [-0.39, 0.29) is 0 Å². The fraction of sp³-hybridized carbons (Fsp3) is 0.692. The van der Waals surface area contributed by atoms with Crippen LogP contribution in [0.15, 0.2) is 6.07 Å². The summed E-state index contributed by atoms with van der Waals surface area (Å²) >= 11 is 5.63. The highest BCUT2D eigenvalue weighted by Gasteiger charge is 2.20. The molecular weight excluding hydrogens is 250 g/mol. The molecule has 1 aliphatic heterocycles. The average Bonchev–Trinajstić information content (AvgIpc) is 2.36. The van der Waals surface area contributed by atoms with Gasteiger partial charge in [0.15, 0.2) is 0 Å². The molecule has 18 heavy (non-hydrogen) atoms. The fourth-order valence-corrected chi connectivity index (χ4v) is 2.41. The predicted octanol–water partition coefficient (Wildman–Crippen LogP) is 2.32. The molecule has 0 saturated carbocycles. The highest BCUT2D eigenvalue weighted by Crippen LogP contribution is 2.20. The number of nitrogens with zero attached hydrogens (tertiary/aromatic N) is 3. The Morgan fingerprint density at radius 2 is 2.06 bits per heavy atom. The molecule has 1 saturated heterocycles. The minimum absolute atomic E-state index is 0.351. The van der Waals surface area contributed by atoms with Crippen LogP contribution in [-0.2, 0) is 4.74 Å². The number of aryl methyl sites for hydroxylation is 2. The van der Waals surface area contributed by atoms with Crippen LogP contribution in [0, 0.1) is 13.8 Å². The third kappa shape index (κ3) is 3.56. The number of ether oxygens (including phenoxy) is 1. The van der Waals surface area contributed by atoms with Gasteiger partial charge in [0.05, 0.1) is 12.7 Å². The van der Waals surface area contributed by atoms with Crippen molar-refractivity contribution in [3.63, 3.8) is 0 Å². The Bertz CT molecular complexity index is 372.